The molecule has 1 N–H and O–H groups in total. The van der Waals surface area contributed by atoms with Gasteiger partial charge in [-0.05, 0) is 37.1 Å². The second-order valence-electron chi connectivity index (χ2n) is 4.84. The van der Waals surface area contributed by atoms with Gasteiger partial charge in [0.15, 0.2) is 0 Å². The quantitative estimate of drug-likeness (QED) is 0.911. The first-order valence-corrected chi connectivity index (χ1v) is 6.48. The summed E-state index contributed by atoms with van der Waals surface area (Å²) in [6, 6.07) is 6.74. The van der Waals surface area contributed by atoms with Crippen molar-refractivity contribution < 1.29 is 13.9 Å². The van der Waals surface area contributed by atoms with Crippen LogP contribution in [0.4, 0.5) is 9.18 Å². The molecular weight excluding hydrogens is 247 g/mol. The number of likely N-dealkylation sites (tertiary alicyclic amines) is 1. The molecule has 0 aliphatic carbocycles. The largest absolute Gasteiger partial charge is 0.453 e. The third-order valence-electron chi connectivity index (χ3n) is 3.31. The Balaban J connectivity index is 1.89. The van der Waals surface area contributed by atoms with Crippen molar-refractivity contribution in [3.05, 3.63) is 35.6 Å². The van der Waals surface area contributed by atoms with E-state index in [0.717, 1.165) is 31.5 Å². The Bertz CT molecular complexity index is 439. The zero-order valence-corrected chi connectivity index (χ0v) is 11.1. The van der Waals surface area contributed by atoms with Crippen LogP contribution in [0.2, 0.25) is 0 Å². The van der Waals surface area contributed by atoms with E-state index >= 15 is 0 Å². The molecule has 1 heterocycles. The number of carbonyl (C=O) groups excluding carboxylic acids is 1. The Hall–Kier alpha value is -1.62. The molecule has 1 aliphatic rings. The van der Waals surface area contributed by atoms with Gasteiger partial charge in [-0.3, -0.25) is 4.90 Å². The van der Waals surface area contributed by atoms with Crippen LogP contribution >= 0.6 is 0 Å². The van der Waals surface area contributed by atoms with Crippen LogP contribution in [0.25, 0.3) is 0 Å². The van der Waals surface area contributed by atoms with Gasteiger partial charge >= 0.3 is 6.09 Å². The Labute approximate surface area is 112 Å². The number of ether oxygens (including phenoxy) is 1. The number of nitrogens with zero attached hydrogens (tertiary/aromatic N) is 1. The highest BCUT2D eigenvalue weighted by Gasteiger charge is 2.21. The van der Waals surface area contributed by atoms with E-state index in [2.05, 4.69) is 15.0 Å². The van der Waals surface area contributed by atoms with E-state index in [9.17, 15) is 9.18 Å². The maximum atomic E-state index is 13.1. The molecule has 19 heavy (non-hydrogen) atoms. The minimum Gasteiger partial charge on any atom is -0.453 e. The van der Waals surface area contributed by atoms with Gasteiger partial charge in [0, 0.05) is 19.1 Å². The first-order chi connectivity index (χ1) is 9.17. The lowest BCUT2D eigenvalue weighted by Crippen LogP contribution is -2.47. The zero-order chi connectivity index (χ0) is 13.7. The summed E-state index contributed by atoms with van der Waals surface area (Å²) in [7, 11) is 1.36. The summed E-state index contributed by atoms with van der Waals surface area (Å²) in [5, 5.41) is 2.82. The van der Waals surface area contributed by atoms with Crippen molar-refractivity contribution in [2.45, 2.75) is 25.4 Å². The molecule has 1 atom stereocenters. The number of nitrogens with one attached hydrogen (secondary N) is 1. The molecule has 1 aliphatic heterocycles. The van der Waals surface area contributed by atoms with Crippen LogP contribution in [0, 0.1) is 5.82 Å². The normalized spacial score (nSPS) is 20.0. The predicted octanol–water partition coefficient (Wildman–Crippen LogP) is 2.15. The summed E-state index contributed by atoms with van der Waals surface area (Å²) in [4.78, 5) is 13.4. The second-order valence-corrected chi connectivity index (χ2v) is 4.84. The Morgan fingerprint density at radius 2 is 2.42 bits per heavy atom. The summed E-state index contributed by atoms with van der Waals surface area (Å²) in [6.45, 7) is 2.44. The first kappa shape index (κ1) is 13.8. The van der Waals surface area contributed by atoms with Crippen molar-refractivity contribution >= 4 is 6.09 Å². The van der Waals surface area contributed by atoms with Gasteiger partial charge in [-0.2, -0.15) is 0 Å². The van der Waals surface area contributed by atoms with E-state index in [1.165, 1.54) is 13.2 Å². The molecule has 0 radical (unpaired) electrons. The Morgan fingerprint density at radius 3 is 3.16 bits per heavy atom. The molecule has 1 amide bonds. The fourth-order valence-corrected chi connectivity index (χ4v) is 2.44. The maximum Gasteiger partial charge on any atom is 0.407 e. The molecule has 0 aromatic heterocycles. The van der Waals surface area contributed by atoms with Crippen LogP contribution in [-0.2, 0) is 11.3 Å². The molecule has 1 aromatic carbocycles. The number of halogens is 1. The molecule has 1 fully saturated rings. The SMILES string of the molecule is COC(=O)NC1CCCN(Cc2cccc(F)c2)C1. The molecule has 4 nitrogen and oxygen atoms in total. The molecule has 5 heteroatoms. The summed E-state index contributed by atoms with van der Waals surface area (Å²) in [6.07, 6.45) is 1.58. The lowest BCUT2D eigenvalue weighted by molar-refractivity contribution is 0.145. The summed E-state index contributed by atoms with van der Waals surface area (Å²) in [5.74, 6) is -0.209. The lowest BCUT2D eigenvalue weighted by Gasteiger charge is -2.32. The first-order valence-electron chi connectivity index (χ1n) is 6.48. The number of alkyl carbamates (subject to hydrolysis) is 1. The monoisotopic (exact) mass is 266 g/mol. The number of rotatable bonds is 3. The van der Waals surface area contributed by atoms with Crippen LogP contribution in [0.5, 0.6) is 0 Å². The van der Waals surface area contributed by atoms with Gasteiger partial charge in [0.2, 0.25) is 0 Å². The van der Waals surface area contributed by atoms with E-state index in [4.69, 9.17) is 0 Å². The van der Waals surface area contributed by atoms with Crippen molar-refractivity contribution in [2.75, 3.05) is 20.2 Å². The zero-order valence-electron chi connectivity index (χ0n) is 11.1. The van der Waals surface area contributed by atoms with E-state index < -0.39 is 6.09 Å². The second kappa shape index (κ2) is 6.52. The van der Waals surface area contributed by atoms with Crippen LogP contribution in [-0.4, -0.2) is 37.2 Å². The highest BCUT2D eigenvalue weighted by atomic mass is 19.1. The van der Waals surface area contributed by atoms with E-state index in [-0.39, 0.29) is 11.9 Å². The van der Waals surface area contributed by atoms with Crippen LogP contribution in [0.3, 0.4) is 0 Å². The average molecular weight is 266 g/mol. The topological polar surface area (TPSA) is 41.6 Å². The fourth-order valence-electron chi connectivity index (χ4n) is 2.44. The number of amides is 1. The third kappa shape index (κ3) is 4.21. The van der Waals surface area contributed by atoms with Crippen molar-refractivity contribution in [3.63, 3.8) is 0 Å². The highest BCUT2D eigenvalue weighted by Crippen LogP contribution is 2.14. The third-order valence-corrected chi connectivity index (χ3v) is 3.31. The van der Waals surface area contributed by atoms with Gasteiger partial charge < -0.3 is 10.1 Å². The summed E-state index contributed by atoms with van der Waals surface area (Å²) >= 11 is 0. The van der Waals surface area contributed by atoms with Crippen LogP contribution in [0.1, 0.15) is 18.4 Å². The van der Waals surface area contributed by atoms with E-state index in [1.807, 2.05) is 6.07 Å². The molecule has 1 unspecified atom stereocenters. The molecule has 0 spiro atoms. The average Bonchev–Trinajstić information content (AvgIpc) is 2.39. The number of hydrogen-bond acceptors (Lipinski definition) is 3. The van der Waals surface area contributed by atoms with Crippen molar-refractivity contribution in [1.82, 2.24) is 10.2 Å². The molecule has 0 saturated carbocycles. The standard InChI is InChI=1S/C14H19FN2O2/c1-19-14(18)16-13-6-3-7-17(10-13)9-11-4-2-5-12(15)8-11/h2,4-5,8,13H,3,6-7,9-10H2,1H3,(H,16,18). The van der Waals surface area contributed by atoms with Crippen LogP contribution in [0.15, 0.2) is 24.3 Å². The smallest absolute Gasteiger partial charge is 0.407 e. The van der Waals surface area contributed by atoms with Crippen molar-refractivity contribution in [2.24, 2.45) is 0 Å². The Morgan fingerprint density at radius 1 is 1.58 bits per heavy atom. The van der Waals surface area contributed by atoms with Crippen molar-refractivity contribution in [3.8, 4) is 0 Å². The number of hydrogen-bond donors (Lipinski definition) is 1. The van der Waals surface area contributed by atoms with E-state index in [0.29, 0.717) is 6.54 Å². The number of benzene rings is 1. The van der Waals surface area contributed by atoms with Gasteiger partial charge in [0.05, 0.1) is 7.11 Å². The van der Waals surface area contributed by atoms with Gasteiger partial charge in [0.1, 0.15) is 5.82 Å². The maximum absolute atomic E-state index is 13.1. The molecular formula is C14H19FN2O2. The fraction of sp³-hybridized carbons (Fsp3) is 0.500. The van der Waals surface area contributed by atoms with E-state index in [1.54, 1.807) is 12.1 Å². The minimum atomic E-state index is -0.391. The number of piperidine rings is 1. The summed E-state index contributed by atoms with van der Waals surface area (Å²) < 4.78 is 17.7. The number of methoxy groups -OCH3 is 1. The predicted molar refractivity (Wildman–Crippen MR) is 70.2 cm³/mol. The molecule has 1 saturated heterocycles. The highest BCUT2D eigenvalue weighted by molar-refractivity contribution is 5.67. The van der Waals surface area contributed by atoms with Gasteiger partial charge in [-0.25, -0.2) is 9.18 Å². The summed E-state index contributed by atoms with van der Waals surface area (Å²) in [5.41, 5.74) is 0.957. The van der Waals surface area contributed by atoms with Crippen molar-refractivity contribution in [1.29, 1.82) is 0 Å². The van der Waals surface area contributed by atoms with Gasteiger partial charge in [-0.15, -0.1) is 0 Å². The molecule has 0 bridgehead atoms. The lowest BCUT2D eigenvalue weighted by atomic mass is 10.0. The molecule has 1 aromatic rings. The van der Waals surface area contributed by atoms with Gasteiger partial charge in [-0.1, -0.05) is 12.1 Å². The minimum absolute atomic E-state index is 0.106. The molecule has 104 valence electrons. The van der Waals surface area contributed by atoms with Crippen LogP contribution < -0.4 is 5.32 Å². The molecule has 2 rings (SSSR count). The van der Waals surface area contributed by atoms with Gasteiger partial charge in [0.25, 0.3) is 0 Å². The number of carbonyl (C=O) groups is 1. The Kier molecular flexibility index (Phi) is 4.74.